The largest absolute Gasteiger partial charge is 0.444 e. The molecular weight excluding hydrogens is 322 g/mol. The lowest BCUT2D eigenvalue weighted by molar-refractivity contribution is -0.120. The molecular formula is C18H23N3O4. The van der Waals surface area contributed by atoms with Gasteiger partial charge in [-0.2, -0.15) is 0 Å². The van der Waals surface area contributed by atoms with Crippen molar-refractivity contribution in [2.75, 3.05) is 18.0 Å². The predicted octanol–water partition coefficient (Wildman–Crippen LogP) is 2.43. The summed E-state index contributed by atoms with van der Waals surface area (Å²) in [7, 11) is 0. The molecule has 0 atom stereocenters. The van der Waals surface area contributed by atoms with E-state index in [1.807, 2.05) is 39.0 Å². The summed E-state index contributed by atoms with van der Waals surface area (Å²) >= 11 is 0. The number of carbonyl (C=O) groups excluding carboxylic acids is 3. The van der Waals surface area contributed by atoms with Gasteiger partial charge in [0.15, 0.2) is 0 Å². The molecule has 0 saturated carbocycles. The van der Waals surface area contributed by atoms with E-state index in [1.54, 1.807) is 9.80 Å². The second kappa shape index (κ2) is 6.38. The van der Waals surface area contributed by atoms with Crippen LogP contribution < -0.4 is 10.2 Å². The van der Waals surface area contributed by atoms with Crippen molar-refractivity contribution in [3.8, 4) is 0 Å². The molecule has 0 radical (unpaired) electrons. The number of urea groups is 1. The van der Waals surface area contributed by atoms with Crippen molar-refractivity contribution in [2.45, 2.75) is 45.8 Å². The molecule has 2 aliphatic rings. The topological polar surface area (TPSA) is 79.0 Å². The van der Waals surface area contributed by atoms with Crippen molar-refractivity contribution in [3.05, 3.63) is 29.3 Å². The first-order valence-corrected chi connectivity index (χ1v) is 8.44. The van der Waals surface area contributed by atoms with Crippen molar-refractivity contribution >= 4 is 23.7 Å². The van der Waals surface area contributed by atoms with Crippen LogP contribution in [-0.2, 0) is 22.5 Å². The molecule has 0 bridgehead atoms. The lowest BCUT2D eigenvalue weighted by atomic mass is 9.99. The first kappa shape index (κ1) is 17.3. The smallest absolute Gasteiger partial charge is 0.410 e. The maximum absolute atomic E-state index is 12.3. The van der Waals surface area contributed by atoms with Gasteiger partial charge in [0.05, 0.1) is 0 Å². The third-order valence-electron chi connectivity index (χ3n) is 4.22. The normalized spacial score (nSPS) is 17.9. The Labute approximate surface area is 146 Å². The van der Waals surface area contributed by atoms with Crippen LogP contribution in [0.15, 0.2) is 18.2 Å². The van der Waals surface area contributed by atoms with E-state index < -0.39 is 11.6 Å². The Kier molecular flexibility index (Phi) is 4.41. The van der Waals surface area contributed by atoms with Gasteiger partial charge in [-0.3, -0.25) is 15.0 Å². The zero-order chi connectivity index (χ0) is 18.2. The van der Waals surface area contributed by atoms with Crippen molar-refractivity contribution in [1.82, 2.24) is 10.2 Å². The van der Waals surface area contributed by atoms with Crippen molar-refractivity contribution in [3.63, 3.8) is 0 Å². The van der Waals surface area contributed by atoms with E-state index in [2.05, 4.69) is 5.32 Å². The van der Waals surface area contributed by atoms with Crippen LogP contribution in [0.25, 0.3) is 0 Å². The van der Waals surface area contributed by atoms with E-state index in [9.17, 15) is 14.4 Å². The number of anilines is 1. The second-order valence-electron chi connectivity index (χ2n) is 7.36. The van der Waals surface area contributed by atoms with Gasteiger partial charge in [-0.1, -0.05) is 6.07 Å². The lowest BCUT2D eigenvalue weighted by Gasteiger charge is -2.32. The van der Waals surface area contributed by atoms with Gasteiger partial charge in [0.2, 0.25) is 5.91 Å². The number of carbonyl (C=O) groups is 3. The number of ether oxygens (including phenoxy) is 1. The summed E-state index contributed by atoms with van der Waals surface area (Å²) < 4.78 is 5.44. The molecule has 0 spiro atoms. The predicted molar refractivity (Wildman–Crippen MR) is 92.3 cm³/mol. The Morgan fingerprint density at radius 3 is 2.56 bits per heavy atom. The molecule has 1 aromatic rings. The minimum atomic E-state index is -0.530. The van der Waals surface area contributed by atoms with Crippen LogP contribution in [-0.4, -0.2) is 41.6 Å². The summed E-state index contributed by atoms with van der Waals surface area (Å²) in [4.78, 5) is 38.8. The molecule has 0 aliphatic carbocycles. The SMILES string of the molecule is CC(C)(C)OC(=O)N1CCc2ccc(N3CCC(=O)NC3=O)cc2C1. The summed E-state index contributed by atoms with van der Waals surface area (Å²) in [6, 6.07) is 5.38. The zero-order valence-corrected chi connectivity index (χ0v) is 14.8. The van der Waals surface area contributed by atoms with Gasteiger partial charge in [-0.15, -0.1) is 0 Å². The number of fused-ring (bicyclic) bond motifs is 1. The molecule has 1 N–H and O–H groups in total. The number of imide groups is 1. The summed E-state index contributed by atoms with van der Waals surface area (Å²) in [5.74, 6) is -0.254. The Morgan fingerprint density at radius 1 is 1.12 bits per heavy atom. The molecule has 4 amide bonds. The number of nitrogens with one attached hydrogen (secondary N) is 1. The maximum Gasteiger partial charge on any atom is 0.410 e. The first-order valence-electron chi connectivity index (χ1n) is 8.44. The minimum absolute atomic E-state index is 0.254. The first-order chi connectivity index (χ1) is 11.7. The monoisotopic (exact) mass is 345 g/mol. The summed E-state index contributed by atoms with van der Waals surface area (Å²) in [5, 5.41) is 2.32. The van der Waals surface area contributed by atoms with E-state index in [0.29, 0.717) is 19.6 Å². The molecule has 134 valence electrons. The number of hydrogen-bond donors (Lipinski definition) is 1. The highest BCUT2D eigenvalue weighted by Crippen LogP contribution is 2.26. The van der Waals surface area contributed by atoms with Crippen LogP contribution in [0, 0.1) is 0 Å². The van der Waals surface area contributed by atoms with Gasteiger partial charge >= 0.3 is 12.1 Å². The summed E-state index contributed by atoms with van der Waals surface area (Å²) in [5.41, 5.74) is 2.36. The maximum atomic E-state index is 12.3. The number of benzene rings is 1. The molecule has 25 heavy (non-hydrogen) atoms. The summed E-state index contributed by atoms with van der Waals surface area (Å²) in [6.07, 6.45) is 0.705. The molecule has 0 unspecified atom stereocenters. The number of hydrogen-bond acceptors (Lipinski definition) is 4. The van der Waals surface area contributed by atoms with Crippen molar-refractivity contribution < 1.29 is 19.1 Å². The van der Waals surface area contributed by atoms with E-state index >= 15 is 0 Å². The van der Waals surface area contributed by atoms with Crippen LogP contribution in [0.4, 0.5) is 15.3 Å². The Hall–Kier alpha value is -2.57. The van der Waals surface area contributed by atoms with Gasteiger partial charge in [0, 0.05) is 31.7 Å². The quantitative estimate of drug-likeness (QED) is 0.848. The highest BCUT2D eigenvalue weighted by atomic mass is 16.6. The van der Waals surface area contributed by atoms with Gasteiger partial charge in [0.25, 0.3) is 0 Å². The van der Waals surface area contributed by atoms with Gasteiger partial charge < -0.3 is 9.64 Å². The van der Waals surface area contributed by atoms with Gasteiger partial charge in [-0.25, -0.2) is 9.59 Å². The lowest BCUT2D eigenvalue weighted by Crippen LogP contribution is -2.49. The van der Waals surface area contributed by atoms with Crippen LogP contribution in [0.2, 0.25) is 0 Å². The fraction of sp³-hybridized carbons (Fsp3) is 0.500. The van der Waals surface area contributed by atoms with Crippen LogP contribution in [0.3, 0.4) is 0 Å². The molecule has 7 nitrogen and oxygen atoms in total. The fourth-order valence-corrected chi connectivity index (χ4v) is 3.00. The Morgan fingerprint density at radius 2 is 1.88 bits per heavy atom. The third kappa shape index (κ3) is 3.92. The highest BCUT2D eigenvalue weighted by molar-refractivity contribution is 6.05. The average molecular weight is 345 g/mol. The minimum Gasteiger partial charge on any atom is -0.444 e. The molecule has 0 aromatic heterocycles. The standard InChI is InChI=1S/C18H23N3O4/c1-18(2,3)25-17(24)20-8-6-12-4-5-14(10-13(12)11-20)21-9-7-15(22)19-16(21)23/h4-5,10H,6-9,11H2,1-3H3,(H,19,22,23). The Balaban J connectivity index is 1.76. The molecule has 2 aliphatic heterocycles. The number of amides is 4. The molecule has 1 aromatic carbocycles. The van der Waals surface area contributed by atoms with Crippen LogP contribution in [0.1, 0.15) is 38.3 Å². The molecule has 2 heterocycles. The number of nitrogens with zero attached hydrogens (tertiary/aromatic N) is 2. The summed E-state index contributed by atoms with van der Waals surface area (Å²) in [6.45, 7) is 6.96. The second-order valence-corrected chi connectivity index (χ2v) is 7.36. The van der Waals surface area contributed by atoms with E-state index in [0.717, 1.165) is 23.2 Å². The average Bonchev–Trinajstić information content (AvgIpc) is 2.52. The molecule has 1 fully saturated rings. The van der Waals surface area contributed by atoms with E-state index in [4.69, 9.17) is 4.74 Å². The van der Waals surface area contributed by atoms with Gasteiger partial charge in [0.1, 0.15) is 5.60 Å². The van der Waals surface area contributed by atoms with E-state index in [1.165, 1.54) is 0 Å². The van der Waals surface area contributed by atoms with Gasteiger partial charge in [-0.05, 0) is 50.5 Å². The van der Waals surface area contributed by atoms with Crippen molar-refractivity contribution in [1.29, 1.82) is 0 Å². The molecule has 3 rings (SSSR count). The molecule has 7 heteroatoms. The van der Waals surface area contributed by atoms with E-state index in [-0.39, 0.29) is 18.4 Å². The van der Waals surface area contributed by atoms with Crippen LogP contribution >= 0.6 is 0 Å². The van der Waals surface area contributed by atoms with Crippen LogP contribution in [0.5, 0.6) is 0 Å². The third-order valence-corrected chi connectivity index (χ3v) is 4.22. The Bertz CT molecular complexity index is 724. The van der Waals surface area contributed by atoms with Crippen molar-refractivity contribution in [2.24, 2.45) is 0 Å². The molecule has 1 saturated heterocycles. The number of rotatable bonds is 1. The zero-order valence-electron chi connectivity index (χ0n) is 14.8. The highest BCUT2D eigenvalue weighted by Gasteiger charge is 2.28. The fourth-order valence-electron chi connectivity index (χ4n) is 3.00.